The van der Waals surface area contributed by atoms with Crippen LogP contribution < -0.4 is 16.2 Å². The average molecular weight is 729 g/mol. The van der Waals surface area contributed by atoms with E-state index in [9.17, 15) is 0 Å². The number of hydrogen-bond acceptors (Lipinski definition) is 1. The van der Waals surface area contributed by atoms with Crippen LogP contribution in [0.15, 0.2) is 182 Å². The van der Waals surface area contributed by atoms with Crippen molar-refractivity contribution in [1.82, 2.24) is 4.57 Å². The van der Waals surface area contributed by atoms with Crippen molar-refractivity contribution in [2.24, 2.45) is 0 Å². The molecule has 0 saturated carbocycles. The topological polar surface area (TPSA) is 17.0 Å². The van der Waals surface area contributed by atoms with Crippen molar-refractivity contribution in [3.63, 3.8) is 0 Å². The third-order valence-electron chi connectivity index (χ3n) is 12.1. The summed E-state index contributed by atoms with van der Waals surface area (Å²) in [6, 6.07) is 67.4. The lowest BCUT2D eigenvalue weighted by atomic mass is 9.58. The Morgan fingerprint density at radius 1 is 0.491 bits per heavy atom. The van der Waals surface area contributed by atoms with Crippen molar-refractivity contribution >= 4 is 72.9 Å². The van der Waals surface area contributed by atoms with Crippen molar-refractivity contribution < 1.29 is 0 Å². The predicted octanol–water partition coefficient (Wildman–Crippen LogP) is 12.8. The maximum absolute atomic E-state index is 3.92. The number of rotatable bonds is 5. The molecule has 0 aliphatic carbocycles. The van der Waals surface area contributed by atoms with Gasteiger partial charge in [-0.25, -0.2) is 0 Å². The van der Waals surface area contributed by atoms with Crippen molar-refractivity contribution in [3.8, 4) is 39.1 Å². The van der Waals surface area contributed by atoms with Gasteiger partial charge in [-0.05, 0) is 114 Å². The molecular formula is C54H41BN2. The molecule has 2 heterocycles. The summed E-state index contributed by atoms with van der Waals surface area (Å²) >= 11 is 0. The van der Waals surface area contributed by atoms with E-state index in [-0.39, 0.29) is 5.41 Å². The molecule has 0 atom stereocenters. The van der Waals surface area contributed by atoms with Crippen LogP contribution >= 0.6 is 0 Å². The fourth-order valence-electron chi connectivity index (χ4n) is 9.24. The average Bonchev–Trinajstić information content (AvgIpc) is 3.58. The first-order valence-corrected chi connectivity index (χ1v) is 20.1. The van der Waals surface area contributed by atoms with Gasteiger partial charge in [0.25, 0.3) is 0 Å². The number of nitrogens with one attached hydrogen (secondary N) is 1. The first kappa shape index (κ1) is 33.5. The van der Waals surface area contributed by atoms with Crippen LogP contribution in [0.4, 0.5) is 11.4 Å². The highest BCUT2D eigenvalue weighted by atomic mass is 15.0. The van der Waals surface area contributed by atoms with E-state index in [1.165, 1.54) is 98.9 Å². The predicted molar refractivity (Wildman–Crippen MR) is 247 cm³/mol. The molecule has 10 aromatic rings. The molecule has 1 N–H and O–H groups in total. The molecule has 57 heavy (non-hydrogen) atoms. The Hall–Kier alpha value is -6.84. The fraction of sp³-hybridized carbons (Fsp3) is 0.0741. The SMILES string of the molecule is CC(C)(C)c1ccc(Nc2cc3ccccc3cc2-c2c3c(cc4ccccc24)-n2c4ccc(-c5ccccc5)cc4c4cc(-c5ccccc5)cc(c42)B3)cc1. The molecule has 270 valence electrons. The van der Waals surface area contributed by atoms with Crippen LogP contribution in [0.2, 0.25) is 0 Å². The number of benzene rings is 9. The summed E-state index contributed by atoms with van der Waals surface area (Å²) in [5.41, 5.74) is 17.5. The van der Waals surface area contributed by atoms with Crippen molar-refractivity contribution in [2.75, 3.05) is 5.32 Å². The second-order valence-corrected chi connectivity index (χ2v) is 16.7. The summed E-state index contributed by atoms with van der Waals surface area (Å²) in [7, 11) is 0.821. The molecule has 0 amide bonds. The molecule has 0 spiro atoms. The van der Waals surface area contributed by atoms with Crippen LogP contribution in [-0.4, -0.2) is 11.8 Å². The van der Waals surface area contributed by atoms with Gasteiger partial charge in [0.15, 0.2) is 7.28 Å². The highest BCUT2D eigenvalue weighted by Crippen LogP contribution is 2.42. The van der Waals surface area contributed by atoms with Gasteiger partial charge in [0.1, 0.15) is 0 Å². The van der Waals surface area contributed by atoms with E-state index in [2.05, 4.69) is 213 Å². The van der Waals surface area contributed by atoms with Gasteiger partial charge in [-0.2, -0.15) is 0 Å². The summed E-state index contributed by atoms with van der Waals surface area (Å²) in [6.45, 7) is 6.81. The second-order valence-electron chi connectivity index (χ2n) is 16.7. The Labute approximate surface area is 334 Å². The van der Waals surface area contributed by atoms with Crippen LogP contribution in [0, 0.1) is 0 Å². The maximum Gasteiger partial charge on any atom is 0.198 e. The highest BCUT2D eigenvalue weighted by molar-refractivity contribution is 6.74. The standard InChI is InChI=1S/C54H41BN2/c1-54(2,3)41-23-25-42(26-24-41)56-48-32-37-19-11-10-18-36(37)29-46(48)51-43-21-13-12-20-39(43)33-50-52(51)55-47-31-40(35-16-8-5-9-17-35)30-45-44-28-38(34-14-6-4-7-15-34)22-27-49(44)57(50)53(45)47/h4-33,55-56H,1-3H3. The molecule has 0 saturated heterocycles. The zero-order valence-electron chi connectivity index (χ0n) is 32.5. The van der Waals surface area contributed by atoms with E-state index >= 15 is 0 Å². The maximum atomic E-state index is 3.92. The van der Waals surface area contributed by atoms with E-state index in [1.54, 1.807) is 0 Å². The van der Waals surface area contributed by atoms with Gasteiger partial charge >= 0.3 is 0 Å². The van der Waals surface area contributed by atoms with E-state index in [1.807, 2.05) is 0 Å². The largest absolute Gasteiger partial charge is 0.355 e. The van der Waals surface area contributed by atoms with E-state index in [4.69, 9.17) is 0 Å². The van der Waals surface area contributed by atoms with Gasteiger partial charge in [0, 0.05) is 38.9 Å². The fourth-order valence-corrected chi connectivity index (χ4v) is 9.24. The Morgan fingerprint density at radius 2 is 1.12 bits per heavy atom. The van der Waals surface area contributed by atoms with Crippen LogP contribution in [0.5, 0.6) is 0 Å². The number of hydrogen-bond donors (Lipinski definition) is 1. The highest BCUT2D eigenvalue weighted by Gasteiger charge is 2.29. The van der Waals surface area contributed by atoms with E-state index < -0.39 is 0 Å². The lowest BCUT2D eigenvalue weighted by Crippen LogP contribution is -2.37. The molecule has 0 fully saturated rings. The Bertz CT molecular complexity index is 3190. The summed E-state index contributed by atoms with van der Waals surface area (Å²) in [5, 5.41) is 11.4. The molecule has 1 aliphatic heterocycles. The first-order valence-electron chi connectivity index (χ1n) is 20.1. The molecule has 11 rings (SSSR count). The van der Waals surface area contributed by atoms with Crippen LogP contribution in [0.3, 0.4) is 0 Å². The number of fused-ring (bicyclic) bond motifs is 7. The number of aromatic nitrogens is 1. The number of nitrogens with zero attached hydrogens (tertiary/aromatic N) is 1. The molecule has 1 aromatic heterocycles. The molecule has 1 aliphatic rings. The zero-order chi connectivity index (χ0) is 38.3. The molecular weight excluding hydrogens is 687 g/mol. The van der Waals surface area contributed by atoms with Crippen LogP contribution in [0.25, 0.3) is 82.4 Å². The molecule has 0 unspecified atom stereocenters. The smallest absolute Gasteiger partial charge is 0.198 e. The Morgan fingerprint density at radius 3 is 1.84 bits per heavy atom. The molecule has 9 aromatic carbocycles. The van der Waals surface area contributed by atoms with Crippen molar-refractivity contribution in [3.05, 3.63) is 188 Å². The number of anilines is 2. The third kappa shape index (κ3) is 5.57. The minimum Gasteiger partial charge on any atom is -0.355 e. The molecule has 2 nitrogen and oxygen atoms in total. The second kappa shape index (κ2) is 12.9. The third-order valence-corrected chi connectivity index (χ3v) is 12.1. The minimum atomic E-state index is 0.0858. The summed E-state index contributed by atoms with van der Waals surface area (Å²) < 4.78 is 2.57. The molecule has 3 heteroatoms. The van der Waals surface area contributed by atoms with Gasteiger partial charge in [0.05, 0.1) is 5.52 Å². The van der Waals surface area contributed by atoms with Crippen LogP contribution in [-0.2, 0) is 5.41 Å². The van der Waals surface area contributed by atoms with Gasteiger partial charge in [-0.1, -0.05) is 160 Å². The lowest BCUT2D eigenvalue weighted by molar-refractivity contribution is 0.590. The monoisotopic (exact) mass is 728 g/mol. The van der Waals surface area contributed by atoms with E-state index in [0.29, 0.717) is 0 Å². The summed E-state index contributed by atoms with van der Waals surface area (Å²) in [6.07, 6.45) is 0. The van der Waals surface area contributed by atoms with Gasteiger partial charge in [0.2, 0.25) is 0 Å². The lowest BCUT2D eigenvalue weighted by Gasteiger charge is -2.27. The summed E-state index contributed by atoms with van der Waals surface area (Å²) in [5.74, 6) is 0. The summed E-state index contributed by atoms with van der Waals surface area (Å²) in [4.78, 5) is 0. The quantitative estimate of drug-likeness (QED) is 0.175. The zero-order valence-corrected chi connectivity index (χ0v) is 32.5. The van der Waals surface area contributed by atoms with Crippen molar-refractivity contribution in [2.45, 2.75) is 26.2 Å². The van der Waals surface area contributed by atoms with Gasteiger partial charge in [-0.15, -0.1) is 0 Å². The molecule has 0 bridgehead atoms. The van der Waals surface area contributed by atoms with Gasteiger partial charge < -0.3 is 9.88 Å². The van der Waals surface area contributed by atoms with Crippen LogP contribution in [0.1, 0.15) is 26.3 Å². The minimum absolute atomic E-state index is 0.0858. The Kier molecular flexibility index (Phi) is 7.56. The normalized spacial score (nSPS) is 12.3. The van der Waals surface area contributed by atoms with E-state index in [0.717, 1.165) is 18.7 Å². The first-order chi connectivity index (χ1) is 27.9. The Balaban J connectivity index is 1.21. The van der Waals surface area contributed by atoms with Crippen molar-refractivity contribution in [1.29, 1.82) is 0 Å². The van der Waals surface area contributed by atoms with Gasteiger partial charge in [-0.3, -0.25) is 0 Å². The molecule has 0 radical (unpaired) electrons.